The number of nitrogens with zero attached hydrogens (tertiary/aromatic N) is 1. The zero-order chi connectivity index (χ0) is 19.7. The van der Waals surface area contributed by atoms with Crippen molar-refractivity contribution in [3.8, 4) is 0 Å². The minimum absolute atomic E-state index is 0.102. The van der Waals surface area contributed by atoms with E-state index in [0.29, 0.717) is 6.42 Å². The summed E-state index contributed by atoms with van der Waals surface area (Å²) in [5, 5.41) is 42.2. The molecule has 0 aromatic rings. The molecule has 0 spiro atoms. The summed E-state index contributed by atoms with van der Waals surface area (Å²) in [7, 11) is -4.79. The van der Waals surface area contributed by atoms with Gasteiger partial charge >= 0.3 is 10.4 Å². The number of hydrogen-bond acceptors (Lipinski definition) is 10. The Morgan fingerprint density at radius 3 is 2.46 bits per heavy atom. The van der Waals surface area contributed by atoms with Gasteiger partial charge in [-0.05, 0) is 25.7 Å². The highest BCUT2D eigenvalue weighted by Gasteiger charge is 2.44. The lowest BCUT2D eigenvalue weighted by molar-refractivity contribution is -0.205. The highest BCUT2D eigenvalue weighted by Crippen LogP contribution is 2.30. The minimum Gasteiger partial charge on any atom is -0.394 e. The Morgan fingerprint density at radius 2 is 1.88 bits per heavy atom. The number of oxime groups is 1. The molecule has 0 amide bonds. The van der Waals surface area contributed by atoms with Crippen molar-refractivity contribution in [3.63, 3.8) is 0 Å². The SMILES string of the molecule is C=CCCCCC/C(=N\OS(=O)(=O)O)SC1OC(CO)C(O)C(O)C1O. The summed E-state index contributed by atoms with van der Waals surface area (Å²) < 4.78 is 39.5. The van der Waals surface area contributed by atoms with Gasteiger partial charge in [-0.2, -0.15) is 8.42 Å². The summed E-state index contributed by atoms with van der Waals surface area (Å²) >= 11 is 0.778. The van der Waals surface area contributed by atoms with Crippen molar-refractivity contribution in [2.45, 2.75) is 62.0 Å². The summed E-state index contributed by atoms with van der Waals surface area (Å²) in [6, 6.07) is 0. The van der Waals surface area contributed by atoms with Crippen LogP contribution in [0.2, 0.25) is 0 Å². The van der Waals surface area contributed by atoms with Gasteiger partial charge in [0.2, 0.25) is 0 Å². The fourth-order valence-corrected chi connectivity index (χ4v) is 3.60. The molecular formula is C14H25NO9S2. The molecule has 5 unspecified atom stereocenters. The van der Waals surface area contributed by atoms with Crippen LogP contribution in [-0.4, -0.2) is 74.9 Å². The molecule has 12 heteroatoms. The topological polar surface area (TPSA) is 166 Å². The van der Waals surface area contributed by atoms with Crippen LogP contribution in [0.3, 0.4) is 0 Å². The third kappa shape index (κ3) is 7.88. The van der Waals surface area contributed by atoms with Crippen molar-refractivity contribution in [1.29, 1.82) is 0 Å². The first kappa shape index (κ1) is 23.3. The summed E-state index contributed by atoms with van der Waals surface area (Å²) in [6.07, 6.45) is -0.496. The third-order valence-electron chi connectivity index (χ3n) is 3.63. The molecule has 26 heavy (non-hydrogen) atoms. The smallest absolute Gasteiger partial charge is 0.394 e. The number of aliphatic hydroxyl groups is 4. The average Bonchev–Trinajstić information content (AvgIpc) is 2.58. The van der Waals surface area contributed by atoms with Gasteiger partial charge in [-0.3, -0.25) is 4.55 Å². The molecule has 0 aliphatic carbocycles. The highest BCUT2D eigenvalue weighted by molar-refractivity contribution is 8.14. The predicted octanol–water partition coefficient (Wildman–Crippen LogP) is -0.211. The maximum absolute atomic E-state index is 10.7. The normalized spacial score (nSPS) is 30.2. The van der Waals surface area contributed by atoms with E-state index in [2.05, 4.69) is 16.0 Å². The van der Waals surface area contributed by atoms with Crippen LogP contribution in [0, 0.1) is 0 Å². The van der Waals surface area contributed by atoms with E-state index in [0.717, 1.165) is 31.0 Å². The van der Waals surface area contributed by atoms with Crippen LogP contribution >= 0.6 is 11.8 Å². The van der Waals surface area contributed by atoms with E-state index in [9.17, 15) is 28.8 Å². The zero-order valence-electron chi connectivity index (χ0n) is 14.0. The lowest BCUT2D eigenvalue weighted by Crippen LogP contribution is -2.57. The number of hydrogen-bond donors (Lipinski definition) is 5. The first-order valence-corrected chi connectivity index (χ1v) is 10.2. The molecular weight excluding hydrogens is 390 g/mol. The van der Waals surface area contributed by atoms with Gasteiger partial charge in [-0.1, -0.05) is 29.4 Å². The first-order chi connectivity index (χ1) is 12.2. The lowest BCUT2D eigenvalue weighted by atomic mass is 10.0. The molecule has 0 saturated carbocycles. The van der Waals surface area contributed by atoms with Crippen LogP contribution in [-0.2, 0) is 19.4 Å². The summed E-state index contributed by atoms with van der Waals surface area (Å²) in [4.78, 5) is 0. The first-order valence-electron chi connectivity index (χ1n) is 8.00. The van der Waals surface area contributed by atoms with Crippen molar-refractivity contribution >= 4 is 27.2 Å². The molecule has 1 heterocycles. The van der Waals surface area contributed by atoms with Gasteiger partial charge in [0, 0.05) is 0 Å². The van der Waals surface area contributed by atoms with Crippen LogP contribution in [0.25, 0.3) is 0 Å². The second-order valence-electron chi connectivity index (χ2n) is 5.69. The monoisotopic (exact) mass is 415 g/mol. The number of aliphatic hydroxyl groups excluding tert-OH is 4. The molecule has 0 radical (unpaired) electrons. The van der Waals surface area contributed by atoms with Crippen molar-refractivity contribution in [1.82, 2.24) is 0 Å². The van der Waals surface area contributed by atoms with Gasteiger partial charge in [0.25, 0.3) is 0 Å². The molecule has 0 bridgehead atoms. The molecule has 5 atom stereocenters. The Morgan fingerprint density at radius 1 is 1.19 bits per heavy atom. The van der Waals surface area contributed by atoms with Gasteiger partial charge < -0.3 is 25.2 Å². The number of allylic oxidation sites excluding steroid dienone is 1. The molecule has 152 valence electrons. The largest absolute Gasteiger partial charge is 0.466 e. The standard InChI is InChI=1S/C14H25NO9S2/c1-2-3-4-5-6-7-10(15-24-26(20,21)22)25-14-13(19)12(18)11(17)9(8-16)23-14/h2,9,11-14,16-19H,1,3-8H2,(H,20,21,22)/b15-10+. The Balaban J connectivity index is 2.77. The fourth-order valence-electron chi connectivity index (χ4n) is 2.26. The molecule has 1 saturated heterocycles. The van der Waals surface area contributed by atoms with E-state index in [1.165, 1.54) is 0 Å². The van der Waals surface area contributed by atoms with Crippen LogP contribution < -0.4 is 0 Å². The van der Waals surface area contributed by atoms with E-state index in [4.69, 9.17) is 9.29 Å². The van der Waals surface area contributed by atoms with E-state index >= 15 is 0 Å². The van der Waals surface area contributed by atoms with Crippen molar-refractivity contribution in [2.24, 2.45) is 5.16 Å². The van der Waals surface area contributed by atoms with Crippen molar-refractivity contribution in [2.75, 3.05) is 6.61 Å². The average molecular weight is 415 g/mol. The summed E-state index contributed by atoms with van der Waals surface area (Å²) in [6.45, 7) is 3.03. The Kier molecular flexibility index (Phi) is 10.0. The zero-order valence-corrected chi connectivity index (χ0v) is 15.7. The number of rotatable bonds is 10. The fraction of sp³-hybridized carbons (Fsp3) is 0.786. The van der Waals surface area contributed by atoms with E-state index in [1.807, 2.05) is 0 Å². The highest BCUT2D eigenvalue weighted by atomic mass is 32.3. The predicted molar refractivity (Wildman–Crippen MR) is 94.7 cm³/mol. The molecule has 1 rings (SSSR count). The van der Waals surface area contributed by atoms with Crippen LogP contribution in [0.15, 0.2) is 17.8 Å². The maximum Gasteiger partial charge on any atom is 0.466 e. The summed E-state index contributed by atoms with van der Waals surface area (Å²) in [5.74, 6) is 0. The lowest BCUT2D eigenvalue weighted by Gasteiger charge is -2.39. The number of thioether (sulfide) groups is 1. The molecule has 10 nitrogen and oxygen atoms in total. The van der Waals surface area contributed by atoms with Gasteiger partial charge in [0.1, 0.15) is 34.9 Å². The number of unbranched alkanes of at least 4 members (excludes halogenated alkanes) is 3. The molecule has 1 aliphatic heterocycles. The molecule has 1 fully saturated rings. The van der Waals surface area contributed by atoms with Crippen LogP contribution in [0.5, 0.6) is 0 Å². The van der Waals surface area contributed by atoms with Gasteiger partial charge in [-0.15, -0.1) is 6.58 Å². The minimum atomic E-state index is -4.79. The Bertz CT molecular complexity index is 567. The quantitative estimate of drug-likeness (QED) is 0.0804. The van der Waals surface area contributed by atoms with Crippen molar-refractivity contribution < 1.29 is 42.4 Å². The summed E-state index contributed by atoms with van der Waals surface area (Å²) in [5.41, 5.74) is -1.12. The molecule has 1 aliphatic rings. The van der Waals surface area contributed by atoms with Crippen LogP contribution in [0.4, 0.5) is 0 Å². The second kappa shape index (κ2) is 11.2. The molecule has 0 aromatic carbocycles. The van der Waals surface area contributed by atoms with E-state index in [-0.39, 0.29) is 11.5 Å². The van der Waals surface area contributed by atoms with E-state index < -0.39 is 46.9 Å². The van der Waals surface area contributed by atoms with Gasteiger partial charge in [-0.25, -0.2) is 4.28 Å². The molecule has 5 N–H and O–H groups in total. The Hall–Kier alpha value is -0.730. The maximum atomic E-state index is 10.7. The third-order valence-corrected chi connectivity index (χ3v) is 5.07. The van der Waals surface area contributed by atoms with E-state index in [1.54, 1.807) is 6.08 Å². The van der Waals surface area contributed by atoms with Gasteiger partial charge in [0.15, 0.2) is 0 Å². The number of ether oxygens (including phenoxy) is 1. The van der Waals surface area contributed by atoms with Gasteiger partial charge in [0.05, 0.1) is 6.61 Å². The Labute approximate surface area is 156 Å². The molecule has 0 aromatic heterocycles. The van der Waals surface area contributed by atoms with Crippen LogP contribution in [0.1, 0.15) is 32.1 Å². The second-order valence-corrected chi connectivity index (χ2v) is 7.87. The van der Waals surface area contributed by atoms with Crippen molar-refractivity contribution in [3.05, 3.63) is 12.7 Å².